The summed E-state index contributed by atoms with van der Waals surface area (Å²) in [5.41, 5.74) is 1.42. The minimum atomic E-state index is -3.48. The first-order valence-electron chi connectivity index (χ1n) is 7.84. The molecule has 0 bridgehead atoms. The number of halogens is 1. The molecule has 2 aromatic carbocycles. The largest absolute Gasteiger partial charge is 0.493 e. The van der Waals surface area contributed by atoms with Gasteiger partial charge in [-0.2, -0.15) is 0 Å². The Balaban J connectivity index is 2.04. The van der Waals surface area contributed by atoms with E-state index in [4.69, 9.17) is 21.1 Å². The number of sulfonamides is 1. The van der Waals surface area contributed by atoms with Crippen molar-refractivity contribution in [2.45, 2.75) is 32.2 Å². The monoisotopic (exact) mass is 383 g/mol. The van der Waals surface area contributed by atoms with Crippen LogP contribution < -0.4 is 14.2 Å². The van der Waals surface area contributed by atoms with Crippen molar-refractivity contribution in [1.29, 1.82) is 0 Å². The van der Waals surface area contributed by atoms with Gasteiger partial charge >= 0.3 is 0 Å². The molecule has 7 heteroatoms. The fraction of sp³-hybridized carbons (Fsp3) is 0.333. The average Bonchev–Trinajstić information content (AvgIpc) is 2.53. The molecule has 2 rings (SSSR count). The normalized spacial score (nSPS) is 11.6. The van der Waals surface area contributed by atoms with E-state index in [1.165, 1.54) is 0 Å². The van der Waals surface area contributed by atoms with Crippen LogP contribution in [0.2, 0.25) is 5.02 Å². The summed E-state index contributed by atoms with van der Waals surface area (Å²) in [6, 6.07) is 12.2. The maximum Gasteiger partial charge on any atom is 0.216 e. The molecule has 2 aromatic rings. The Bertz CT molecular complexity index is 822. The lowest BCUT2D eigenvalue weighted by atomic mass is 10.2. The third-order valence-corrected chi connectivity index (χ3v) is 4.87. The summed E-state index contributed by atoms with van der Waals surface area (Å²) in [4.78, 5) is 0. The zero-order valence-corrected chi connectivity index (χ0v) is 16.0. The van der Waals surface area contributed by atoms with Crippen molar-refractivity contribution in [2.24, 2.45) is 0 Å². The number of rotatable bonds is 8. The Kier molecular flexibility index (Phi) is 6.70. The van der Waals surface area contributed by atoms with E-state index < -0.39 is 10.0 Å². The highest BCUT2D eigenvalue weighted by Gasteiger charge is 2.13. The van der Waals surface area contributed by atoms with E-state index in [1.54, 1.807) is 43.5 Å². The Labute approximate surface area is 154 Å². The van der Waals surface area contributed by atoms with Crippen molar-refractivity contribution in [2.75, 3.05) is 7.11 Å². The number of hydrogen-bond acceptors (Lipinski definition) is 4. The van der Waals surface area contributed by atoms with Crippen LogP contribution in [-0.4, -0.2) is 21.6 Å². The second-order valence-corrected chi connectivity index (χ2v) is 8.11. The van der Waals surface area contributed by atoms with Crippen molar-refractivity contribution in [3.05, 3.63) is 58.6 Å². The fourth-order valence-electron chi connectivity index (χ4n) is 2.26. The van der Waals surface area contributed by atoms with Gasteiger partial charge in [-0.1, -0.05) is 29.8 Å². The third kappa shape index (κ3) is 6.23. The van der Waals surface area contributed by atoms with E-state index >= 15 is 0 Å². The molecule has 0 atom stereocenters. The third-order valence-electron chi connectivity index (χ3n) is 3.33. The number of methoxy groups -OCH3 is 1. The van der Waals surface area contributed by atoms with Crippen molar-refractivity contribution in [3.63, 3.8) is 0 Å². The summed E-state index contributed by atoms with van der Waals surface area (Å²) in [5, 5.41) is 0.512. The van der Waals surface area contributed by atoms with Gasteiger partial charge in [-0.05, 0) is 49.2 Å². The van der Waals surface area contributed by atoms with Crippen LogP contribution in [0.3, 0.4) is 0 Å². The van der Waals surface area contributed by atoms with Crippen molar-refractivity contribution in [3.8, 4) is 11.5 Å². The molecular formula is C18H22ClNO4S. The van der Waals surface area contributed by atoms with Crippen LogP contribution in [-0.2, 0) is 22.3 Å². The molecule has 0 saturated carbocycles. The topological polar surface area (TPSA) is 64.6 Å². The predicted octanol–water partition coefficient (Wildman–Crippen LogP) is 3.76. The van der Waals surface area contributed by atoms with Crippen molar-refractivity contribution < 1.29 is 17.9 Å². The zero-order chi connectivity index (χ0) is 18.4. The molecule has 0 aliphatic heterocycles. The minimum Gasteiger partial charge on any atom is -0.493 e. The molecule has 25 heavy (non-hydrogen) atoms. The second kappa shape index (κ2) is 8.56. The van der Waals surface area contributed by atoms with E-state index in [1.807, 2.05) is 19.9 Å². The van der Waals surface area contributed by atoms with Gasteiger partial charge in [0, 0.05) is 11.6 Å². The van der Waals surface area contributed by atoms with Crippen molar-refractivity contribution in [1.82, 2.24) is 4.72 Å². The molecule has 0 aliphatic rings. The molecule has 0 radical (unpaired) electrons. The second-order valence-electron chi connectivity index (χ2n) is 5.86. The van der Waals surface area contributed by atoms with Gasteiger partial charge in [0.05, 0.1) is 19.0 Å². The first kappa shape index (κ1) is 19.6. The molecule has 0 fully saturated rings. The van der Waals surface area contributed by atoms with Crippen LogP contribution in [0.15, 0.2) is 42.5 Å². The number of hydrogen-bond donors (Lipinski definition) is 1. The predicted molar refractivity (Wildman–Crippen MR) is 99.7 cm³/mol. The lowest BCUT2D eigenvalue weighted by Gasteiger charge is -2.15. The molecule has 0 spiro atoms. The smallest absolute Gasteiger partial charge is 0.216 e. The molecule has 1 N–H and O–H groups in total. The summed E-state index contributed by atoms with van der Waals surface area (Å²) in [7, 11) is -1.93. The van der Waals surface area contributed by atoms with Gasteiger partial charge in [0.2, 0.25) is 10.0 Å². The van der Waals surface area contributed by atoms with Gasteiger partial charge in [-0.15, -0.1) is 0 Å². The summed E-state index contributed by atoms with van der Waals surface area (Å²) < 4.78 is 38.0. The van der Waals surface area contributed by atoms with E-state index in [0.717, 1.165) is 5.56 Å². The standard InChI is InChI=1S/C18H22ClNO4S/c1-13(2)24-17-8-7-14(10-18(17)23-3)11-20-25(21,22)12-15-5-4-6-16(19)9-15/h4-10,13,20H,11-12H2,1-3H3. The van der Waals surface area contributed by atoms with E-state index in [9.17, 15) is 8.42 Å². The lowest BCUT2D eigenvalue weighted by Crippen LogP contribution is -2.24. The summed E-state index contributed by atoms with van der Waals surface area (Å²) >= 11 is 5.89. The van der Waals surface area contributed by atoms with Gasteiger partial charge in [0.15, 0.2) is 11.5 Å². The Hall–Kier alpha value is -1.76. The summed E-state index contributed by atoms with van der Waals surface area (Å²) in [5.74, 6) is 1.07. The van der Waals surface area contributed by atoms with Gasteiger partial charge < -0.3 is 9.47 Å². The van der Waals surface area contributed by atoms with E-state index in [0.29, 0.717) is 22.1 Å². The highest BCUT2D eigenvalue weighted by atomic mass is 35.5. The average molecular weight is 384 g/mol. The van der Waals surface area contributed by atoms with E-state index in [2.05, 4.69) is 4.72 Å². The Morgan fingerprint density at radius 1 is 1.08 bits per heavy atom. The minimum absolute atomic E-state index is 0.0240. The molecule has 0 unspecified atom stereocenters. The Morgan fingerprint density at radius 3 is 2.48 bits per heavy atom. The van der Waals surface area contributed by atoms with Crippen molar-refractivity contribution >= 4 is 21.6 Å². The number of benzene rings is 2. The summed E-state index contributed by atoms with van der Waals surface area (Å²) in [6.07, 6.45) is 0.0240. The first-order valence-corrected chi connectivity index (χ1v) is 9.87. The van der Waals surface area contributed by atoms with Crippen LogP contribution in [0.4, 0.5) is 0 Å². The van der Waals surface area contributed by atoms with Crippen LogP contribution in [0.5, 0.6) is 11.5 Å². The quantitative estimate of drug-likeness (QED) is 0.753. The van der Waals surface area contributed by atoms with Gasteiger partial charge in [-0.3, -0.25) is 0 Å². The maximum absolute atomic E-state index is 12.2. The fourth-order valence-corrected chi connectivity index (χ4v) is 3.58. The number of ether oxygens (including phenoxy) is 2. The zero-order valence-electron chi connectivity index (χ0n) is 14.5. The highest BCUT2D eigenvalue weighted by molar-refractivity contribution is 7.88. The Morgan fingerprint density at radius 2 is 1.84 bits per heavy atom. The van der Waals surface area contributed by atoms with Crippen LogP contribution >= 0.6 is 11.6 Å². The summed E-state index contributed by atoms with van der Waals surface area (Å²) in [6.45, 7) is 4.02. The highest BCUT2D eigenvalue weighted by Crippen LogP contribution is 2.29. The number of nitrogens with one attached hydrogen (secondary N) is 1. The lowest BCUT2D eigenvalue weighted by molar-refractivity contribution is 0.230. The molecule has 0 heterocycles. The molecule has 5 nitrogen and oxygen atoms in total. The van der Waals surface area contributed by atoms with Gasteiger partial charge in [-0.25, -0.2) is 13.1 Å². The van der Waals surface area contributed by atoms with Gasteiger partial charge in [0.25, 0.3) is 0 Å². The molecular weight excluding hydrogens is 362 g/mol. The molecule has 0 saturated heterocycles. The van der Waals surface area contributed by atoms with E-state index in [-0.39, 0.29) is 18.4 Å². The maximum atomic E-state index is 12.2. The molecule has 136 valence electrons. The molecule has 0 aliphatic carbocycles. The van der Waals surface area contributed by atoms with Crippen LogP contribution in [0, 0.1) is 0 Å². The van der Waals surface area contributed by atoms with Crippen LogP contribution in [0.25, 0.3) is 0 Å². The molecule has 0 aromatic heterocycles. The SMILES string of the molecule is COc1cc(CNS(=O)(=O)Cc2cccc(Cl)c2)ccc1OC(C)C. The first-order chi connectivity index (χ1) is 11.8. The molecule has 0 amide bonds. The van der Waals surface area contributed by atoms with Crippen LogP contribution in [0.1, 0.15) is 25.0 Å². The van der Waals surface area contributed by atoms with Gasteiger partial charge in [0.1, 0.15) is 0 Å².